The number of esters is 1. The van der Waals surface area contributed by atoms with Crippen LogP contribution in [0.2, 0.25) is 0 Å². The van der Waals surface area contributed by atoms with Gasteiger partial charge in [-0.05, 0) is 42.5 Å². The third-order valence-corrected chi connectivity index (χ3v) is 3.59. The van der Waals surface area contributed by atoms with Crippen LogP contribution in [-0.2, 0) is 15.7 Å². The Balaban J connectivity index is 1.55. The van der Waals surface area contributed by atoms with Crippen molar-refractivity contribution in [1.82, 2.24) is 14.8 Å². The molecule has 144 valence electrons. The molecule has 3 aromatic rings. The Kier molecular flexibility index (Phi) is 5.39. The van der Waals surface area contributed by atoms with Crippen LogP contribution < -0.4 is 5.32 Å². The van der Waals surface area contributed by atoms with Gasteiger partial charge in [-0.15, -0.1) is 0 Å². The Labute approximate surface area is 156 Å². The lowest BCUT2D eigenvalue weighted by molar-refractivity contribution is -0.137. The molecule has 0 spiro atoms. The first-order chi connectivity index (χ1) is 13.3. The number of hydrogen-bond acceptors (Lipinski definition) is 5. The number of anilines is 1. The number of carbonyl (C=O) groups excluding carboxylic acids is 2. The Morgan fingerprint density at radius 1 is 1.11 bits per heavy atom. The SMILES string of the molecule is O=C(COC(=O)c1ccc(-n2cncn2)cc1)Nc1cccc(C(F)(F)F)c1. The summed E-state index contributed by atoms with van der Waals surface area (Å²) in [6.07, 6.45) is -1.66. The molecule has 2 aromatic carbocycles. The number of aromatic nitrogens is 3. The largest absolute Gasteiger partial charge is 0.452 e. The molecule has 1 amide bonds. The Morgan fingerprint density at radius 3 is 2.50 bits per heavy atom. The monoisotopic (exact) mass is 390 g/mol. The second kappa shape index (κ2) is 7.91. The first-order valence-corrected chi connectivity index (χ1v) is 7.92. The predicted molar refractivity (Wildman–Crippen MR) is 91.7 cm³/mol. The Bertz CT molecular complexity index is 970. The Hall–Kier alpha value is -3.69. The standard InChI is InChI=1S/C18H13F3N4O3/c19-18(20,21)13-2-1-3-14(8-13)24-16(26)9-28-17(27)12-4-6-15(7-5-12)25-11-22-10-23-25/h1-8,10-11H,9H2,(H,24,26). The maximum Gasteiger partial charge on any atom is 0.416 e. The van der Waals surface area contributed by atoms with Crippen LogP contribution in [0.25, 0.3) is 5.69 Å². The highest BCUT2D eigenvalue weighted by Gasteiger charge is 2.30. The van der Waals surface area contributed by atoms with Crippen LogP contribution in [0.4, 0.5) is 18.9 Å². The molecule has 0 atom stereocenters. The van der Waals surface area contributed by atoms with Crippen LogP contribution in [0.1, 0.15) is 15.9 Å². The molecule has 0 fully saturated rings. The highest BCUT2D eigenvalue weighted by atomic mass is 19.4. The van der Waals surface area contributed by atoms with E-state index >= 15 is 0 Å². The molecule has 0 bridgehead atoms. The minimum absolute atomic E-state index is 0.0481. The number of amides is 1. The van der Waals surface area contributed by atoms with E-state index in [4.69, 9.17) is 4.74 Å². The fourth-order valence-corrected chi connectivity index (χ4v) is 2.28. The van der Waals surface area contributed by atoms with E-state index in [1.165, 1.54) is 41.6 Å². The van der Waals surface area contributed by atoms with E-state index in [-0.39, 0.29) is 11.3 Å². The van der Waals surface area contributed by atoms with Gasteiger partial charge in [0.15, 0.2) is 6.61 Å². The summed E-state index contributed by atoms with van der Waals surface area (Å²) in [5.41, 5.74) is -0.0603. The van der Waals surface area contributed by atoms with E-state index < -0.39 is 30.2 Å². The quantitative estimate of drug-likeness (QED) is 0.677. The van der Waals surface area contributed by atoms with E-state index in [0.29, 0.717) is 5.69 Å². The van der Waals surface area contributed by atoms with Crippen LogP contribution in [0.15, 0.2) is 61.2 Å². The van der Waals surface area contributed by atoms with Crippen LogP contribution in [-0.4, -0.2) is 33.2 Å². The molecule has 0 unspecified atom stereocenters. The zero-order valence-electron chi connectivity index (χ0n) is 14.2. The summed E-state index contributed by atoms with van der Waals surface area (Å²) in [7, 11) is 0. The van der Waals surface area contributed by atoms with Gasteiger partial charge in [0, 0.05) is 5.69 Å². The number of rotatable bonds is 5. The average Bonchev–Trinajstić information content (AvgIpc) is 3.20. The lowest BCUT2D eigenvalue weighted by Gasteiger charge is -2.10. The highest BCUT2D eigenvalue weighted by Crippen LogP contribution is 2.30. The normalized spacial score (nSPS) is 11.1. The fourth-order valence-electron chi connectivity index (χ4n) is 2.28. The van der Waals surface area contributed by atoms with Gasteiger partial charge in [0.1, 0.15) is 12.7 Å². The number of nitrogens with one attached hydrogen (secondary N) is 1. The van der Waals surface area contributed by atoms with Crippen molar-refractivity contribution in [2.24, 2.45) is 0 Å². The molecule has 28 heavy (non-hydrogen) atoms. The molecule has 1 heterocycles. The minimum atomic E-state index is -4.52. The summed E-state index contributed by atoms with van der Waals surface area (Å²) in [5.74, 6) is -1.50. The molecule has 1 aromatic heterocycles. The molecule has 0 aliphatic rings. The maximum absolute atomic E-state index is 12.7. The molecular weight excluding hydrogens is 377 g/mol. The van der Waals surface area contributed by atoms with Crippen molar-refractivity contribution in [2.45, 2.75) is 6.18 Å². The van der Waals surface area contributed by atoms with E-state index in [0.717, 1.165) is 12.1 Å². The molecule has 1 N–H and O–H groups in total. The third kappa shape index (κ3) is 4.72. The van der Waals surface area contributed by atoms with Crippen molar-refractivity contribution >= 4 is 17.6 Å². The first kappa shape index (κ1) is 19.1. The van der Waals surface area contributed by atoms with Crippen molar-refractivity contribution < 1.29 is 27.5 Å². The van der Waals surface area contributed by atoms with Gasteiger partial charge < -0.3 is 10.1 Å². The molecule has 7 nitrogen and oxygen atoms in total. The van der Waals surface area contributed by atoms with E-state index in [9.17, 15) is 22.8 Å². The predicted octanol–water partition coefficient (Wildman–Crippen LogP) is 3.08. The summed E-state index contributed by atoms with van der Waals surface area (Å²) >= 11 is 0. The number of nitrogens with zero attached hydrogens (tertiary/aromatic N) is 3. The highest BCUT2D eigenvalue weighted by molar-refractivity contribution is 5.95. The Morgan fingerprint density at radius 2 is 1.86 bits per heavy atom. The van der Waals surface area contributed by atoms with Crippen LogP contribution in [0.3, 0.4) is 0 Å². The number of hydrogen-bond donors (Lipinski definition) is 1. The van der Waals surface area contributed by atoms with Crippen molar-refractivity contribution in [2.75, 3.05) is 11.9 Å². The van der Waals surface area contributed by atoms with Crippen molar-refractivity contribution in [3.8, 4) is 5.69 Å². The molecular formula is C18H13F3N4O3. The third-order valence-electron chi connectivity index (χ3n) is 3.59. The molecule has 0 saturated heterocycles. The zero-order chi connectivity index (χ0) is 20.1. The summed E-state index contributed by atoms with van der Waals surface area (Å²) in [4.78, 5) is 27.6. The fraction of sp³-hybridized carbons (Fsp3) is 0.111. The topological polar surface area (TPSA) is 86.1 Å². The van der Waals surface area contributed by atoms with Gasteiger partial charge >= 0.3 is 12.1 Å². The van der Waals surface area contributed by atoms with E-state index in [1.807, 2.05) is 0 Å². The van der Waals surface area contributed by atoms with Gasteiger partial charge in [0.2, 0.25) is 0 Å². The second-order valence-corrected chi connectivity index (χ2v) is 5.59. The van der Waals surface area contributed by atoms with Crippen molar-refractivity contribution in [3.63, 3.8) is 0 Å². The van der Waals surface area contributed by atoms with Gasteiger partial charge in [-0.2, -0.15) is 18.3 Å². The smallest absolute Gasteiger partial charge is 0.416 e. The van der Waals surface area contributed by atoms with Gasteiger partial charge in [0.25, 0.3) is 5.91 Å². The van der Waals surface area contributed by atoms with Gasteiger partial charge in [0.05, 0.1) is 16.8 Å². The number of benzene rings is 2. The van der Waals surface area contributed by atoms with E-state index in [1.54, 1.807) is 12.1 Å². The van der Waals surface area contributed by atoms with Crippen LogP contribution in [0, 0.1) is 0 Å². The number of halogens is 3. The molecule has 0 aliphatic carbocycles. The number of carbonyl (C=O) groups is 2. The molecule has 3 rings (SSSR count). The maximum atomic E-state index is 12.7. The summed E-state index contributed by atoms with van der Waals surface area (Å²) < 4.78 is 44.4. The van der Waals surface area contributed by atoms with E-state index in [2.05, 4.69) is 15.4 Å². The molecule has 0 aliphatic heterocycles. The van der Waals surface area contributed by atoms with Gasteiger partial charge in [-0.1, -0.05) is 6.07 Å². The zero-order valence-corrected chi connectivity index (χ0v) is 14.2. The average molecular weight is 390 g/mol. The summed E-state index contributed by atoms with van der Waals surface area (Å²) in [6, 6.07) is 10.4. The van der Waals surface area contributed by atoms with Gasteiger partial charge in [-0.25, -0.2) is 14.5 Å². The number of alkyl halides is 3. The minimum Gasteiger partial charge on any atom is -0.452 e. The summed E-state index contributed by atoms with van der Waals surface area (Å²) in [6.45, 7) is -0.639. The molecule has 0 radical (unpaired) electrons. The lowest BCUT2D eigenvalue weighted by Crippen LogP contribution is -2.21. The first-order valence-electron chi connectivity index (χ1n) is 7.92. The molecule has 0 saturated carbocycles. The van der Waals surface area contributed by atoms with Crippen molar-refractivity contribution in [3.05, 3.63) is 72.3 Å². The van der Waals surface area contributed by atoms with Crippen LogP contribution in [0.5, 0.6) is 0 Å². The van der Waals surface area contributed by atoms with Crippen LogP contribution >= 0.6 is 0 Å². The number of ether oxygens (including phenoxy) is 1. The lowest BCUT2D eigenvalue weighted by atomic mass is 10.2. The van der Waals surface area contributed by atoms with Gasteiger partial charge in [-0.3, -0.25) is 4.79 Å². The second-order valence-electron chi connectivity index (χ2n) is 5.59. The summed E-state index contributed by atoms with van der Waals surface area (Å²) in [5, 5.41) is 6.20. The molecule has 10 heteroatoms. The van der Waals surface area contributed by atoms with Crippen molar-refractivity contribution in [1.29, 1.82) is 0 Å².